The van der Waals surface area contributed by atoms with E-state index in [9.17, 15) is 14.7 Å². The highest BCUT2D eigenvalue weighted by Gasteiger charge is 2.64. The summed E-state index contributed by atoms with van der Waals surface area (Å²) in [4.78, 5) is 26.4. The Hall–Kier alpha value is -1.72. The van der Waals surface area contributed by atoms with E-state index < -0.39 is 17.0 Å². The molecule has 1 aromatic rings. The fraction of sp³-hybridized carbons (Fsp3) is 0.750. The van der Waals surface area contributed by atoms with Crippen LogP contribution in [0.1, 0.15) is 84.1 Å². The van der Waals surface area contributed by atoms with Gasteiger partial charge in [0, 0.05) is 0 Å². The highest BCUT2D eigenvalue weighted by molar-refractivity contribution is 5.94. The van der Waals surface area contributed by atoms with Crippen LogP contribution < -0.4 is 0 Å². The molecule has 5 rings (SSSR count). The van der Waals surface area contributed by atoms with Gasteiger partial charge in [0.25, 0.3) is 0 Å². The van der Waals surface area contributed by atoms with Crippen molar-refractivity contribution < 1.29 is 24.2 Å². The van der Waals surface area contributed by atoms with Crippen LogP contribution in [0.25, 0.3) is 0 Å². The lowest BCUT2D eigenvalue weighted by Crippen LogP contribution is -2.55. The molecular weight excluding hydrogens is 464 g/mol. The van der Waals surface area contributed by atoms with Crippen molar-refractivity contribution in [1.82, 2.24) is 0 Å². The SMILES string of the molecule is CCOC(=O)C(C=O)(COCc1ccccc1)[C@H]1CC[C@H]2[C@@H]3CC[C@@H]4C[C@](C)(O)CC[C@@H]4[C@H]3CC[C@]12C. The van der Waals surface area contributed by atoms with Crippen LogP contribution in [0.4, 0.5) is 0 Å². The monoisotopic (exact) mass is 510 g/mol. The normalized spacial score (nSPS) is 40.5. The second-order valence-corrected chi connectivity index (χ2v) is 13.2. The summed E-state index contributed by atoms with van der Waals surface area (Å²) >= 11 is 0. The Balaban J connectivity index is 1.37. The molecule has 4 fully saturated rings. The smallest absolute Gasteiger partial charge is 0.322 e. The first-order valence-electron chi connectivity index (χ1n) is 14.7. The van der Waals surface area contributed by atoms with Crippen molar-refractivity contribution in [2.45, 2.75) is 90.8 Å². The van der Waals surface area contributed by atoms with Crippen LogP contribution in [-0.4, -0.2) is 36.2 Å². The maximum atomic E-state index is 13.5. The molecule has 9 atom stereocenters. The predicted octanol–water partition coefficient (Wildman–Crippen LogP) is 5.97. The number of aliphatic hydroxyl groups is 1. The van der Waals surface area contributed by atoms with E-state index in [-0.39, 0.29) is 24.5 Å². The number of ether oxygens (including phenoxy) is 2. The Kier molecular flexibility index (Phi) is 7.59. The molecule has 1 N–H and O–H groups in total. The number of aldehydes is 1. The van der Waals surface area contributed by atoms with Crippen LogP contribution >= 0.6 is 0 Å². The number of fused-ring (bicyclic) bond motifs is 5. The van der Waals surface area contributed by atoms with Gasteiger partial charge in [0.15, 0.2) is 0 Å². The molecule has 4 saturated carbocycles. The number of benzene rings is 1. The summed E-state index contributed by atoms with van der Waals surface area (Å²) in [5.74, 6) is 2.79. The van der Waals surface area contributed by atoms with E-state index in [1.807, 2.05) is 44.2 Å². The zero-order valence-corrected chi connectivity index (χ0v) is 23.0. The summed E-state index contributed by atoms with van der Waals surface area (Å²) in [7, 11) is 0. The summed E-state index contributed by atoms with van der Waals surface area (Å²) in [6, 6.07) is 9.92. The Morgan fingerprint density at radius 3 is 2.51 bits per heavy atom. The number of hydrogen-bond acceptors (Lipinski definition) is 5. The Bertz CT molecular complexity index is 959. The van der Waals surface area contributed by atoms with Crippen LogP contribution in [0, 0.1) is 46.3 Å². The van der Waals surface area contributed by atoms with Gasteiger partial charge in [-0.1, -0.05) is 37.3 Å². The maximum Gasteiger partial charge on any atom is 0.322 e. The van der Waals surface area contributed by atoms with Crippen LogP contribution in [0.5, 0.6) is 0 Å². The molecule has 1 unspecified atom stereocenters. The Morgan fingerprint density at radius 1 is 1.03 bits per heavy atom. The second-order valence-electron chi connectivity index (χ2n) is 13.2. The standard InChI is InChI=1S/C32H46O5/c1-4-37-29(34)32(20-33,21-36-19-22-8-6-5-7-9-22)28-13-12-27-26-11-10-23-18-30(2,35)16-14-24(23)25(26)15-17-31(27,28)3/h5-9,20,23-28,35H,4,10-19,21H2,1-3H3/t23-,24+,25-,26-,27+,28+,30-,31+,32?/m1/s1. The first kappa shape index (κ1) is 26.9. The molecule has 37 heavy (non-hydrogen) atoms. The Labute approximate surface area is 222 Å². The van der Waals surface area contributed by atoms with Gasteiger partial charge >= 0.3 is 5.97 Å². The van der Waals surface area contributed by atoms with Crippen molar-refractivity contribution >= 4 is 12.3 Å². The van der Waals surface area contributed by atoms with Gasteiger partial charge in [0.05, 0.1) is 25.4 Å². The quantitative estimate of drug-likeness (QED) is 0.265. The predicted molar refractivity (Wildman–Crippen MR) is 142 cm³/mol. The zero-order chi connectivity index (χ0) is 26.3. The lowest BCUT2D eigenvalue weighted by molar-refractivity contribution is -0.173. The van der Waals surface area contributed by atoms with Crippen LogP contribution in [-0.2, 0) is 25.7 Å². The number of rotatable bonds is 8. The van der Waals surface area contributed by atoms with Crippen molar-refractivity contribution in [3.63, 3.8) is 0 Å². The van der Waals surface area contributed by atoms with Crippen LogP contribution in [0.3, 0.4) is 0 Å². The summed E-state index contributed by atoms with van der Waals surface area (Å²) in [5, 5.41) is 10.7. The molecule has 204 valence electrons. The molecule has 0 amide bonds. The van der Waals surface area contributed by atoms with E-state index in [2.05, 4.69) is 6.92 Å². The van der Waals surface area contributed by atoms with E-state index in [0.29, 0.717) is 30.3 Å². The topological polar surface area (TPSA) is 72.8 Å². The molecule has 5 heteroatoms. The summed E-state index contributed by atoms with van der Waals surface area (Å²) in [5.41, 5.74) is -0.802. The molecular formula is C32H46O5. The molecule has 0 aliphatic heterocycles. The zero-order valence-electron chi connectivity index (χ0n) is 23.0. The van der Waals surface area contributed by atoms with Crippen molar-refractivity contribution in [1.29, 1.82) is 0 Å². The minimum absolute atomic E-state index is 0.0666. The molecule has 4 aliphatic rings. The molecule has 4 aliphatic carbocycles. The summed E-state index contributed by atoms with van der Waals surface area (Å²) in [6.45, 7) is 6.90. The van der Waals surface area contributed by atoms with E-state index >= 15 is 0 Å². The van der Waals surface area contributed by atoms with Gasteiger partial charge in [-0.3, -0.25) is 4.79 Å². The fourth-order valence-electron chi connectivity index (χ4n) is 9.57. The van der Waals surface area contributed by atoms with E-state index in [1.54, 1.807) is 0 Å². The summed E-state index contributed by atoms with van der Waals surface area (Å²) < 4.78 is 11.7. The molecule has 0 saturated heterocycles. The molecule has 0 aromatic heterocycles. The molecule has 1 aromatic carbocycles. The number of carbonyl (C=O) groups is 2. The fourth-order valence-corrected chi connectivity index (χ4v) is 9.57. The van der Waals surface area contributed by atoms with E-state index in [4.69, 9.17) is 9.47 Å². The molecule has 5 nitrogen and oxygen atoms in total. The number of hydrogen-bond donors (Lipinski definition) is 1. The first-order chi connectivity index (χ1) is 17.7. The third-order valence-electron chi connectivity index (χ3n) is 11.2. The average Bonchev–Trinajstić information content (AvgIpc) is 3.24. The molecule has 0 radical (unpaired) electrons. The van der Waals surface area contributed by atoms with E-state index in [0.717, 1.165) is 56.3 Å². The minimum Gasteiger partial charge on any atom is -0.465 e. The van der Waals surface area contributed by atoms with Crippen molar-refractivity contribution in [2.24, 2.45) is 46.3 Å². The van der Waals surface area contributed by atoms with Gasteiger partial charge in [-0.15, -0.1) is 0 Å². The first-order valence-corrected chi connectivity index (χ1v) is 14.7. The summed E-state index contributed by atoms with van der Waals surface area (Å²) in [6.07, 6.45) is 10.5. The van der Waals surface area contributed by atoms with Crippen molar-refractivity contribution in [3.8, 4) is 0 Å². The van der Waals surface area contributed by atoms with Gasteiger partial charge in [-0.05, 0) is 118 Å². The van der Waals surface area contributed by atoms with Gasteiger partial charge in [-0.2, -0.15) is 0 Å². The van der Waals surface area contributed by atoms with Gasteiger partial charge in [0.1, 0.15) is 11.7 Å². The third kappa shape index (κ3) is 4.80. The van der Waals surface area contributed by atoms with Crippen LogP contribution in [0.15, 0.2) is 30.3 Å². The molecule has 0 spiro atoms. The minimum atomic E-state index is -1.26. The van der Waals surface area contributed by atoms with Crippen molar-refractivity contribution in [3.05, 3.63) is 35.9 Å². The second kappa shape index (κ2) is 10.4. The lowest BCUT2D eigenvalue weighted by atomic mass is 9.47. The largest absolute Gasteiger partial charge is 0.465 e. The average molecular weight is 511 g/mol. The lowest BCUT2D eigenvalue weighted by Gasteiger charge is -2.57. The van der Waals surface area contributed by atoms with Gasteiger partial charge in [0.2, 0.25) is 0 Å². The molecule has 0 heterocycles. The van der Waals surface area contributed by atoms with Gasteiger partial charge < -0.3 is 19.4 Å². The highest BCUT2D eigenvalue weighted by Crippen LogP contribution is 2.67. The maximum absolute atomic E-state index is 13.5. The highest BCUT2D eigenvalue weighted by atomic mass is 16.5. The third-order valence-corrected chi connectivity index (χ3v) is 11.2. The van der Waals surface area contributed by atoms with Crippen LogP contribution in [0.2, 0.25) is 0 Å². The van der Waals surface area contributed by atoms with Gasteiger partial charge in [-0.25, -0.2) is 0 Å². The Morgan fingerprint density at radius 2 is 1.78 bits per heavy atom. The number of carbonyl (C=O) groups excluding carboxylic acids is 2. The number of esters is 1. The van der Waals surface area contributed by atoms with Crippen molar-refractivity contribution in [2.75, 3.05) is 13.2 Å². The molecule has 0 bridgehead atoms. The van der Waals surface area contributed by atoms with E-state index in [1.165, 1.54) is 19.3 Å².